The van der Waals surface area contributed by atoms with Crippen molar-refractivity contribution < 1.29 is 27.5 Å². The molecule has 10 nitrogen and oxygen atoms in total. The van der Waals surface area contributed by atoms with Gasteiger partial charge in [-0.25, -0.2) is 13.6 Å². The Kier molecular flexibility index (Phi) is 7.38. The van der Waals surface area contributed by atoms with Gasteiger partial charge in [0.25, 0.3) is 5.91 Å². The van der Waals surface area contributed by atoms with Crippen molar-refractivity contribution in [1.82, 2.24) is 15.5 Å². The first-order valence-corrected chi connectivity index (χ1v) is 11.8. The maximum atomic E-state index is 12.5. The van der Waals surface area contributed by atoms with Crippen molar-refractivity contribution in [3.63, 3.8) is 0 Å². The number of sulfonamides is 1. The van der Waals surface area contributed by atoms with E-state index in [2.05, 4.69) is 10.6 Å². The van der Waals surface area contributed by atoms with Crippen LogP contribution in [0, 0.1) is 0 Å². The average Bonchev–Trinajstić information content (AvgIpc) is 3.43. The minimum Gasteiger partial charge on any atom is -0.355 e. The second-order valence-corrected chi connectivity index (χ2v) is 9.22. The van der Waals surface area contributed by atoms with Gasteiger partial charge in [0.15, 0.2) is 0 Å². The van der Waals surface area contributed by atoms with Crippen LogP contribution < -0.4 is 15.8 Å². The third-order valence-electron chi connectivity index (χ3n) is 4.58. The van der Waals surface area contributed by atoms with Crippen LogP contribution in [-0.4, -0.2) is 63.5 Å². The van der Waals surface area contributed by atoms with E-state index in [1.165, 1.54) is 28.4 Å². The number of carbonyl (C=O) groups is 3. The number of amides is 3. The van der Waals surface area contributed by atoms with Gasteiger partial charge in [0.1, 0.15) is 6.23 Å². The van der Waals surface area contributed by atoms with Crippen LogP contribution in [-0.2, 0) is 30.8 Å². The lowest BCUT2D eigenvalue weighted by atomic mass is 10.1. The Bertz CT molecular complexity index is 1040. The van der Waals surface area contributed by atoms with Gasteiger partial charge in [0.2, 0.25) is 10.0 Å². The molecule has 1 aliphatic rings. The summed E-state index contributed by atoms with van der Waals surface area (Å²) in [5.74, 6) is -1.82. The number of primary sulfonamides is 1. The van der Waals surface area contributed by atoms with Crippen LogP contribution in [0.15, 0.2) is 46.7 Å². The highest BCUT2D eigenvalue weighted by molar-refractivity contribution is 7.89. The topological polar surface area (TPSA) is 148 Å². The predicted octanol–water partition coefficient (Wildman–Crippen LogP) is -0.331. The molecular formula is C19H22N4O6S2. The Morgan fingerprint density at radius 2 is 1.84 bits per heavy atom. The number of nitrogens with zero attached hydrogens (tertiary/aromatic N) is 1. The Labute approximate surface area is 183 Å². The van der Waals surface area contributed by atoms with Crippen molar-refractivity contribution >= 4 is 39.1 Å². The van der Waals surface area contributed by atoms with Crippen LogP contribution in [0.5, 0.6) is 0 Å². The van der Waals surface area contributed by atoms with Crippen molar-refractivity contribution in [3.8, 4) is 0 Å². The van der Waals surface area contributed by atoms with Gasteiger partial charge in [-0.2, -0.15) is 0 Å². The highest BCUT2D eigenvalue weighted by Gasteiger charge is 2.31. The molecule has 0 spiro atoms. The zero-order valence-corrected chi connectivity index (χ0v) is 18.1. The Morgan fingerprint density at radius 3 is 2.48 bits per heavy atom. The van der Waals surface area contributed by atoms with Crippen molar-refractivity contribution in [2.75, 3.05) is 26.2 Å². The van der Waals surface area contributed by atoms with E-state index in [0.29, 0.717) is 24.4 Å². The lowest BCUT2D eigenvalue weighted by Gasteiger charge is -2.22. The van der Waals surface area contributed by atoms with Gasteiger partial charge < -0.3 is 20.3 Å². The molecule has 1 aromatic heterocycles. The largest absolute Gasteiger partial charge is 0.355 e. The molecule has 0 bridgehead atoms. The summed E-state index contributed by atoms with van der Waals surface area (Å²) in [7, 11) is -3.76. The molecule has 2 heterocycles. The molecule has 1 fully saturated rings. The summed E-state index contributed by atoms with van der Waals surface area (Å²) in [5.41, 5.74) is 0.773. The molecule has 12 heteroatoms. The van der Waals surface area contributed by atoms with Crippen LogP contribution in [0.25, 0.3) is 0 Å². The molecule has 1 atom stereocenters. The summed E-state index contributed by atoms with van der Waals surface area (Å²) >= 11 is 1.32. The molecule has 0 radical (unpaired) electrons. The number of ether oxygens (including phenoxy) is 1. The third-order valence-corrected chi connectivity index (χ3v) is 6.36. The van der Waals surface area contributed by atoms with Crippen molar-refractivity contribution in [2.24, 2.45) is 5.14 Å². The summed E-state index contributed by atoms with van der Waals surface area (Å²) in [5, 5.41) is 11.8. The number of thiophene rings is 1. The summed E-state index contributed by atoms with van der Waals surface area (Å²) in [6.45, 7) is 0.949. The van der Waals surface area contributed by atoms with Gasteiger partial charge in [0, 0.05) is 13.1 Å². The second kappa shape index (κ2) is 10.0. The minimum absolute atomic E-state index is 0.000369. The van der Waals surface area contributed by atoms with E-state index in [1.54, 1.807) is 29.6 Å². The molecule has 3 rings (SSSR count). The molecule has 1 aliphatic heterocycles. The highest BCUT2D eigenvalue weighted by Crippen LogP contribution is 2.17. The van der Waals surface area contributed by atoms with E-state index in [4.69, 9.17) is 9.88 Å². The first-order chi connectivity index (χ1) is 14.8. The molecule has 31 heavy (non-hydrogen) atoms. The molecule has 0 saturated carbocycles. The molecule has 0 unspecified atom stereocenters. The molecule has 3 amide bonds. The van der Waals surface area contributed by atoms with Crippen LogP contribution >= 0.6 is 11.3 Å². The Morgan fingerprint density at radius 1 is 1.13 bits per heavy atom. The van der Waals surface area contributed by atoms with Crippen LogP contribution in [0.2, 0.25) is 0 Å². The SMILES string of the molecule is NS(=O)(=O)c1ccc(CCNC(=O)C(=O)NC[C@H]2OCCN2C(=O)c2cccs2)cc1. The summed E-state index contributed by atoms with van der Waals surface area (Å²) in [6, 6.07) is 9.43. The number of benzene rings is 1. The molecular weight excluding hydrogens is 444 g/mol. The van der Waals surface area contributed by atoms with E-state index in [0.717, 1.165) is 5.56 Å². The van der Waals surface area contributed by atoms with Crippen LogP contribution in [0.1, 0.15) is 15.2 Å². The van der Waals surface area contributed by atoms with Crippen molar-refractivity contribution in [3.05, 3.63) is 52.2 Å². The number of rotatable bonds is 7. The van der Waals surface area contributed by atoms with Gasteiger partial charge in [-0.15, -0.1) is 11.3 Å². The van der Waals surface area contributed by atoms with E-state index in [1.807, 2.05) is 0 Å². The zero-order chi connectivity index (χ0) is 22.4. The fourth-order valence-electron chi connectivity index (χ4n) is 2.97. The zero-order valence-electron chi connectivity index (χ0n) is 16.4. The predicted molar refractivity (Wildman–Crippen MR) is 113 cm³/mol. The third kappa shape index (κ3) is 6.10. The summed E-state index contributed by atoms with van der Waals surface area (Å²) in [6.07, 6.45) is -0.234. The van der Waals surface area contributed by atoms with E-state index in [9.17, 15) is 22.8 Å². The van der Waals surface area contributed by atoms with Gasteiger partial charge in [-0.05, 0) is 35.6 Å². The normalized spacial score (nSPS) is 16.2. The molecule has 166 valence electrons. The van der Waals surface area contributed by atoms with E-state index < -0.39 is 28.1 Å². The summed E-state index contributed by atoms with van der Waals surface area (Å²) in [4.78, 5) is 38.6. The molecule has 1 aromatic carbocycles. The molecule has 4 N–H and O–H groups in total. The first-order valence-electron chi connectivity index (χ1n) is 9.39. The van der Waals surface area contributed by atoms with Gasteiger partial charge in [0.05, 0.1) is 22.9 Å². The molecule has 1 saturated heterocycles. The maximum absolute atomic E-state index is 12.5. The number of nitrogens with one attached hydrogen (secondary N) is 2. The fraction of sp³-hybridized carbons (Fsp3) is 0.316. The fourth-order valence-corrected chi connectivity index (χ4v) is 4.17. The monoisotopic (exact) mass is 466 g/mol. The number of hydrogen-bond donors (Lipinski definition) is 3. The average molecular weight is 467 g/mol. The summed E-state index contributed by atoms with van der Waals surface area (Å²) < 4.78 is 28.0. The van der Waals surface area contributed by atoms with Crippen molar-refractivity contribution in [1.29, 1.82) is 0 Å². The number of nitrogens with two attached hydrogens (primary N) is 1. The maximum Gasteiger partial charge on any atom is 0.309 e. The lowest BCUT2D eigenvalue weighted by molar-refractivity contribution is -0.139. The number of carbonyl (C=O) groups excluding carboxylic acids is 3. The quantitative estimate of drug-likeness (QED) is 0.476. The van der Waals surface area contributed by atoms with Crippen LogP contribution in [0.4, 0.5) is 0 Å². The molecule has 0 aliphatic carbocycles. The van der Waals surface area contributed by atoms with Crippen LogP contribution in [0.3, 0.4) is 0 Å². The number of hydrogen-bond acceptors (Lipinski definition) is 7. The van der Waals surface area contributed by atoms with Gasteiger partial charge in [-0.3, -0.25) is 14.4 Å². The van der Waals surface area contributed by atoms with E-state index in [-0.39, 0.29) is 23.9 Å². The first kappa shape index (κ1) is 22.9. The smallest absolute Gasteiger partial charge is 0.309 e. The Hall–Kier alpha value is -2.80. The minimum atomic E-state index is -3.76. The van der Waals surface area contributed by atoms with Gasteiger partial charge >= 0.3 is 11.8 Å². The van der Waals surface area contributed by atoms with Crippen molar-refractivity contribution in [2.45, 2.75) is 17.5 Å². The second-order valence-electron chi connectivity index (χ2n) is 6.71. The highest BCUT2D eigenvalue weighted by atomic mass is 32.2. The van der Waals surface area contributed by atoms with Gasteiger partial charge in [-0.1, -0.05) is 18.2 Å². The Balaban J connectivity index is 1.42. The lowest BCUT2D eigenvalue weighted by Crippen LogP contribution is -2.47. The standard InChI is InChI=1S/C19H22N4O6S2/c20-31(27,28)14-5-3-13(4-6-14)7-8-21-17(24)18(25)22-12-16-23(9-10-29-16)19(26)15-2-1-11-30-15/h1-6,11,16H,7-10,12H2,(H,21,24)(H,22,25)(H2,20,27,28)/t16-/m1/s1. The molecule has 2 aromatic rings. The van der Waals surface area contributed by atoms with E-state index >= 15 is 0 Å².